The maximum absolute atomic E-state index is 4.37. The highest BCUT2D eigenvalue weighted by Gasteiger charge is 2.27. The fourth-order valence-electron chi connectivity index (χ4n) is 2.69. The molecule has 0 saturated carbocycles. The summed E-state index contributed by atoms with van der Waals surface area (Å²) in [7, 11) is 2.13. The van der Waals surface area contributed by atoms with E-state index in [0.29, 0.717) is 6.04 Å². The molecule has 3 rings (SSSR count). The summed E-state index contributed by atoms with van der Waals surface area (Å²) in [5, 5.41) is 0. The summed E-state index contributed by atoms with van der Waals surface area (Å²) in [6, 6.07) is 4.39. The lowest BCUT2D eigenvalue weighted by Crippen LogP contribution is -2.34. The van der Waals surface area contributed by atoms with Crippen LogP contribution in [0.25, 0.3) is 0 Å². The second kappa shape index (κ2) is 6.13. The summed E-state index contributed by atoms with van der Waals surface area (Å²) in [5.41, 5.74) is 1.01. The number of likely N-dealkylation sites (N-methyl/N-ethyl adjacent to an activating group) is 1. The van der Waals surface area contributed by atoms with E-state index in [4.69, 9.17) is 0 Å². The van der Waals surface area contributed by atoms with Crippen LogP contribution in [0.2, 0.25) is 0 Å². The molecule has 0 aliphatic carbocycles. The predicted molar refractivity (Wildman–Crippen MR) is 80.9 cm³/mol. The molecule has 3 heterocycles. The van der Waals surface area contributed by atoms with Crippen molar-refractivity contribution in [3.8, 4) is 0 Å². The number of hydrogen-bond donors (Lipinski definition) is 0. The Labute approximate surface area is 124 Å². The molecule has 0 N–H and O–H groups in total. The van der Waals surface area contributed by atoms with Gasteiger partial charge in [0.25, 0.3) is 0 Å². The van der Waals surface area contributed by atoms with E-state index in [1.54, 1.807) is 18.7 Å². The van der Waals surface area contributed by atoms with E-state index in [1.165, 1.54) is 0 Å². The Morgan fingerprint density at radius 1 is 1.24 bits per heavy atom. The van der Waals surface area contributed by atoms with Crippen molar-refractivity contribution in [3.05, 3.63) is 42.4 Å². The van der Waals surface area contributed by atoms with Gasteiger partial charge in [0.1, 0.15) is 18.0 Å². The van der Waals surface area contributed by atoms with Gasteiger partial charge in [-0.2, -0.15) is 0 Å². The number of anilines is 1. The minimum Gasteiger partial charge on any atom is -0.355 e. The zero-order valence-electron chi connectivity index (χ0n) is 12.5. The molecule has 0 radical (unpaired) electrons. The van der Waals surface area contributed by atoms with Gasteiger partial charge in [-0.1, -0.05) is 0 Å². The van der Waals surface area contributed by atoms with Gasteiger partial charge in [-0.05, 0) is 26.5 Å². The molecule has 1 saturated heterocycles. The number of aryl methyl sites for hydroxylation is 1. The van der Waals surface area contributed by atoms with Crippen molar-refractivity contribution in [2.24, 2.45) is 0 Å². The van der Waals surface area contributed by atoms with Crippen LogP contribution in [-0.2, 0) is 6.54 Å². The molecule has 6 heteroatoms. The van der Waals surface area contributed by atoms with Gasteiger partial charge in [-0.25, -0.2) is 19.9 Å². The number of rotatable bonds is 4. The third-order valence-electron chi connectivity index (χ3n) is 3.91. The van der Waals surface area contributed by atoms with Crippen LogP contribution in [0.5, 0.6) is 0 Å². The lowest BCUT2D eigenvalue weighted by molar-refractivity contribution is 0.244. The van der Waals surface area contributed by atoms with Crippen molar-refractivity contribution in [2.45, 2.75) is 25.9 Å². The van der Waals surface area contributed by atoms with Crippen LogP contribution >= 0.6 is 0 Å². The van der Waals surface area contributed by atoms with Crippen LogP contribution in [0.1, 0.15) is 17.9 Å². The minimum atomic E-state index is 0.504. The Bertz CT molecular complexity index is 588. The fraction of sp³-hybridized carbons (Fsp3) is 0.467. The second-order valence-corrected chi connectivity index (χ2v) is 5.49. The predicted octanol–water partition coefficient (Wildman–Crippen LogP) is 1.29. The first kappa shape index (κ1) is 13.9. The Morgan fingerprint density at radius 2 is 2.05 bits per heavy atom. The summed E-state index contributed by atoms with van der Waals surface area (Å²) >= 11 is 0. The molecule has 6 nitrogen and oxygen atoms in total. The van der Waals surface area contributed by atoms with Crippen LogP contribution in [0.3, 0.4) is 0 Å². The summed E-state index contributed by atoms with van der Waals surface area (Å²) < 4.78 is 0. The van der Waals surface area contributed by atoms with Gasteiger partial charge in [0, 0.05) is 43.3 Å². The first-order valence-corrected chi connectivity index (χ1v) is 7.22. The summed E-state index contributed by atoms with van der Waals surface area (Å²) in [5.74, 6) is 1.89. The Hall–Kier alpha value is -2.08. The number of aromatic nitrogens is 4. The molecule has 0 spiro atoms. The van der Waals surface area contributed by atoms with E-state index in [0.717, 1.165) is 43.4 Å². The van der Waals surface area contributed by atoms with Gasteiger partial charge >= 0.3 is 0 Å². The molecule has 1 atom stereocenters. The molecule has 0 amide bonds. The van der Waals surface area contributed by atoms with Gasteiger partial charge in [-0.3, -0.25) is 4.90 Å². The smallest absolute Gasteiger partial charge is 0.142 e. The largest absolute Gasteiger partial charge is 0.355 e. The second-order valence-electron chi connectivity index (χ2n) is 5.49. The highest BCUT2D eigenvalue weighted by atomic mass is 15.3. The van der Waals surface area contributed by atoms with Crippen LogP contribution in [-0.4, -0.2) is 51.0 Å². The van der Waals surface area contributed by atoms with E-state index >= 15 is 0 Å². The van der Waals surface area contributed by atoms with Crippen molar-refractivity contribution in [1.29, 1.82) is 0 Å². The van der Waals surface area contributed by atoms with Gasteiger partial charge in [0.05, 0.1) is 6.54 Å². The van der Waals surface area contributed by atoms with Crippen molar-refractivity contribution < 1.29 is 0 Å². The SMILES string of the molecule is Cc1cc(N2CC[C@H](N(C)Cc3ncccn3)C2)ncn1. The van der Waals surface area contributed by atoms with Gasteiger partial charge in [-0.15, -0.1) is 0 Å². The van der Waals surface area contributed by atoms with Crippen LogP contribution in [0.4, 0.5) is 5.82 Å². The van der Waals surface area contributed by atoms with Gasteiger partial charge in [0.2, 0.25) is 0 Å². The maximum Gasteiger partial charge on any atom is 0.142 e. The third kappa shape index (κ3) is 3.33. The summed E-state index contributed by atoms with van der Waals surface area (Å²) in [6.45, 7) is 4.79. The number of nitrogens with zero attached hydrogens (tertiary/aromatic N) is 6. The monoisotopic (exact) mass is 284 g/mol. The molecule has 2 aromatic heterocycles. The average Bonchev–Trinajstić information content (AvgIpc) is 2.98. The maximum atomic E-state index is 4.37. The molecule has 1 aliphatic heterocycles. The Balaban J connectivity index is 1.61. The Morgan fingerprint density at radius 3 is 2.81 bits per heavy atom. The third-order valence-corrected chi connectivity index (χ3v) is 3.91. The van der Waals surface area contributed by atoms with Gasteiger partial charge < -0.3 is 4.90 Å². The fourth-order valence-corrected chi connectivity index (χ4v) is 2.69. The van der Waals surface area contributed by atoms with E-state index in [9.17, 15) is 0 Å². The zero-order valence-corrected chi connectivity index (χ0v) is 12.5. The van der Waals surface area contributed by atoms with Crippen molar-refractivity contribution in [1.82, 2.24) is 24.8 Å². The lowest BCUT2D eigenvalue weighted by Gasteiger charge is -2.24. The van der Waals surface area contributed by atoms with Crippen LogP contribution < -0.4 is 4.90 Å². The molecule has 1 aliphatic rings. The summed E-state index contributed by atoms with van der Waals surface area (Å²) in [6.07, 6.45) is 6.35. The highest BCUT2D eigenvalue weighted by Crippen LogP contribution is 2.21. The lowest BCUT2D eigenvalue weighted by atomic mass is 10.2. The van der Waals surface area contributed by atoms with E-state index in [2.05, 4.69) is 36.8 Å². The molecule has 2 aromatic rings. The van der Waals surface area contributed by atoms with E-state index in [1.807, 2.05) is 19.1 Å². The number of hydrogen-bond acceptors (Lipinski definition) is 6. The molecule has 0 aromatic carbocycles. The first-order valence-electron chi connectivity index (χ1n) is 7.22. The molecular formula is C15H20N6. The standard InChI is InChI=1S/C15H20N6/c1-12-8-15(19-11-18-12)21-7-4-13(9-21)20(2)10-14-16-5-3-6-17-14/h3,5-6,8,11,13H,4,7,9-10H2,1-2H3/t13-/m0/s1. The van der Waals surface area contributed by atoms with Crippen molar-refractivity contribution >= 4 is 5.82 Å². The van der Waals surface area contributed by atoms with Crippen molar-refractivity contribution in [2.75, 3.05) is 25.0 Å². The highest BCUT2D eigenvalue weighted by molar-refractivity contribution is 5.40. The zero-order chi connectivity index (χ0) is 14.7. The molecule has 21 heavy (non-hydrogen) atoms. The van der Waals surface area contributed by atoms with E-state index < -0.39 is 0 Å². The molecular weight excluding hydrogens is 264 g/mol. The molecule has 110 valence electrons. The quantitative estimate of drug-likeness (QED) is 0.843. The van der Waals surface area contributed by atoms with Crippen molar-refractivity contribution in [3.63, 3.8) is 0 Å². The molecule has 0 bridgehead atoms. The Kier molecular flexibility index (Phi) is 4.06. The van der Waals surface area contributed by atoms with Crippen LogP contribution in [0.15, 0.2) is 30.9 Å². The first-order chi connectivity index (χ1) is 10.2. The van der Waals surface area contributed by atoms with Gasteiger partial charge in [0.15, 0.2) is 0 Å². The normalized spacial score (nSPS) is 18.4. The average molecular weight is 284 g/mol. The van der Waals surface area contributed by atoms with Crippen LogP contribution in [0, 0.1) is 6.92 Å². The summed E-state index contributed by atoms with van der Waals surface area (Å²) in [4.78, 5) is 21.8. The van der Waals surface area contributed by atoms with E-state index in [-0.39, 0.29) is 0 Å². The topological polar surface area (TPSA) is 58.0 Å². The molecule has 1 fully saturated rings. The molecule has 0 unspecified atom stereocenters. The minimum absolute atomic E-state index is 0.504.